The van der Waals surface area contributed by atoms with Crippen LogP contribution in [0.1, 0.15) is 37.4 Å². The Morgan fingerprint density at radius 2 is 1.90 bits per heavy atom. The second-order valence-electron chi connectivity index (χ2n) is 5.91. The van der Waals surface area contributed by atoms with Crippen molar-refractivity contribution < 1.29 is 22.7 Å². The van der Waals surface area contributed by atoms with Gasteiger partial charge in [0.25, 0.3) is 0 Å². The molecule has 0 spiro atoms. The molecule has 0 unspecified atom stereocenters. The van der Waals surface area contributed by atoms with E-state index in [0.717, 1.165) is 6.42 Å². The molecule has 0 aliphatic rings. The number of methoxy groups -OCH3 is 1. The first kappa shape index (κ1) is 18.2. The minimum absolute atomic E-state index is 0.0463. The summed E-state index contributed by atoms with van der Waals surface area (Å²) >= 11 is 0. The van der Waals surface area contributed by atoms with Crippen LogP contribution in [0.4, 0.5) is 0 Å². The molecule has 1 rings (SSSR count). The van der Waals surface area contributed by atoms with Crippen LogP contribution < -0.4 is 4.72 Å². The van der Waals surface area contributed by atoms with Crippen LogP contribution in [0.5, 0.6) is 0 Å². The number of nitrogens with one attached hydrogen (secondary N) is 1. The lowest BCUT2D eigenvalue weighted by atomic mass is 9.90. The molecule has 0 aliphatic carbocycles. The molecule has 1 aromatic rings. The van der Waals surface area contributed by atoms with Crippen molar-refractivity contribution in [3.63, 3.8) is 0 Å². The van der Waals surface area contributed by atoms with E-state index in [0.29, 0.717) is 23.7 Å². The molecule has 0 atom stereocenters. The predicted octanol–water partition coefficient (Wildman–Crippen LogP) is 1.73. The largest absolute Gasteiger partial charge is 0.465 e. The number of ether oxygens (including phenoxy) is 1. The predicted molar refractivity (Wildman–Crippen MR) is 79.6 cm³/mol. The molecule has 1 aromatic heterocycles. The van der Waals surface area contributed by atoms with Gasteiger partial charge in [-0.3, -0.25) is 0 Å². The Kier molecular flexibility index (Phi) is 5.98. The molecule has 2 N–H and O–H groups in total. The first-order valence-corrected chi connectivity index (χ1v) is 8.31. The Morgan fingerprint density at radius 1 is 1.29 bits per heavy atom. The average Bonchev–Trinajstić information content (AvgIpc) is 2.69. The van der Waals surface area contributed by atoms with E-state index in [1.165, 1.54) is 0 Å². The first-order chi connectivity index (χ1) is 9.64. The lowest BCUT2D eigenvalue weighted by Gasteiger charge is -2.24. The van der Waals surface area contributed by atoms with Crippen LogP contribution in [0.3, 0.4) is 0 Å². The van der Waals surface area contributed by atoms with Crippen molar-refractivity contribution in [2.75, 3.05) is 20.3 Å². The fraction of sp³-hybridized carbons (Fsp3) is 0.714. The van der Waals surface area contributed by atoms with E-state index in [1.807, 2.05) is 13.8 Å². The summed E-state index contributed by atoms with van der Waals surface area (Å²) in [6, 6.07) is 0. The number of sulfonamides is 1. The zero-order chi connectivity index (χ0) is 16.3. The van der Waals surface area contributed by atoms with Crippen molar-refractivity contribution in [2.24, 2.45) is 5.41 Å². The van der Waals surface area contributed by atoms with Gasteiger partial charge in [-0.25, -0.2) is 13.1 Å². The summed E-state index contributed by atoms with van der Waals surface area (Å²) in [6.07, 6.45) is 0.738. The summed E-state index contributed by atoms with van der Waals surface area (Å²) in [5.74, 6) is 0.716. The molecule has 1 heterocycles. The molecule has 0 radical (unpaired) electrons. The molecule has 0 saturated carbocycles. The maximum Gasteiger partial charge on any atom is 0.244 e. The Morgan fingerprint density at radius 3 is 2.43 bits per heavy atom. The van der Waals surface area contributed by atoms with Crippen LogP contribution >= 0.6 is 0 Å². The van der Waals surface area contributed by atoms with Gasteiger partial charge in [0.1, 0.15) is 16.4 Å². The second-order valence-corrected chi connectivity index (χ2v) is 7.62. The summed E-state index contributed by atoms with van der Waals surface area (Å²) in [6.45, 7) is 7.64. The highest BCUT2D eigenvalue weighted by Crippen LogP contribution is 2.27. The highest BCUT2D eigenvalue weighted by Gasteiger charge is 2.28. The fourth-order valence-electron chi connectivity index (χ4n) is 2.07. The number of aliphatic hydroxyl groups excluding tert-OH is 1. The maximum atomic E-state index is 12.5. The van der Waals surface area contributed by atoms with Gasteiger partial charge in [-0.05, 0) is 25.7 Å². The number of rotatable bonds is 8. The molecular weight excluding hydrogens is 294 g/mol. The van der Waals surface area contributed by atoms with E-state index in [2.05, 4.69) is 4.72 Å². The molecule has 0 amide bonds. The third kappa shape index (κ3) is 4.54. The van der Waals surface area contributed by atoms with Gasteiger partial charge in [0.05, 0.1) is 6.61 Å². The molecule has 0 bridgehead atoms. The third-order valence-electron chi connectivity index (χ3n) is 3.48. The molecule has 6 nitrogen and oxygen atoms in total. The van der Waals surface area contributed by atoms with Gasteiger partial charge in [0.2, 0.25) is 10.0 Å². The first-order valence-electron chi connectivity index (χ1n) is 6.83. The van der Waals surface area contributed by atoms with Crippen molar-refractivity contribution in [3.8, 4) is 0 Å². The van der Waals surface area contributed by atoms with Crippen LogP contribution in [-0.4, -0.2) is 33.8 Å². The van der Waals surface area contributed by atoms with Crippen molar-refractivity contribution in [1.29, 1.82) is 0 Å². The summed E-state index contributed by atoms with van der Waals surface area (Å²) in [5, 5.41) is 9.35. The van der Waals surface area contributed by atoms with E-state index in [9.17, 15) is 13.5 Å². The van der Waals surface area contributed by atoms with Crippen LogP contribution in [0, 0.1) is 19.3 Å². The van der Waals surface area contributed by atoms with Crippen molar-refractivity contribution in [2.45, 2.75) is 45.6 Å². The van der Waals surface area contributed by atoms with E-state index < -0.39 is 10.0 Å². The summed E-state index contributed by atoms with van der Waals surface area (Å²) in [5.41, 5.74) is 0.0875. The van der Waals surface area contributed by atoms with E-state index in [4.69, 9.17) is 9.15 Å². The minimum Gasteiger partial charge on any atom is -0.465 e. The van der Waals surface area contributed by atoms with Crippen LogP contribution in [0.2, 0.25) is 0 Å². The van der Waals surface area contributed by atoms with Gasteiger partial charge in [-0.1, -0.05) is 13.8 Å². The normalized spacial score (nSPS) is 12.9. The molecule has 7 heteroatoms. The standard InChI is InChI=1S/C14H25NO5S/c1-10-12(8-16)13(11(2)20-10)21(17,18)15-9-14(3,4)6-7-19-5/h15-16H,6-9H2,1-5H3. The highest BCUT2D eigenvalue weighted by molar-refractivity contribution is 7.89. The third-order valence-corrected chi connectivity index (χ3v) is 5.07. The molecule has 0 fully saturated rings. The quantitative estimate of drug-likeness (QED) is 0.762. The Balaban J connectivity index is 2.93. The second kappa shape index (κ2) is 6.91. The molecule has 21 heavy (non-hydrogen) atoms. The van der Waals surface area contributed by atoms with Crippen molar-refractivity contribution >= 4 is 10.0 Å². The Labute approximate surface area is 126 Å². The van der Waals surface area contributed by atoms with Crippen LogP contribution in [-0.2, 0) is 21.4 Å². The van der Waals surface area contributed by atoms with Gasteiger partial charge < -0.3 is 14.3 Å². The van der Waals surface area contributed by atoms with E-state index in [-0.39, 0.29) is 23.5 Å². The molecular formula is C14H25NO5S. The van der Waals surface area contributed by atoms with E-state index >= 15 is 0 Å². The van der Waals surface area contributed by atoms with E-state index in [1.54, 1.807) is 21.0 Å². The summed E-state index contributed by atoms with van der Waals surface area (Å²) in [7, 11) is -2.10. The van der Waals surface area contributed by atoms with Crippen LogP contribution in [0.15, 0.2) is 9.31 Å². The highest BCUT2D eigenvalue weighted by atomic mass is 32.2. The maximum absolute atomic E-state index is 12.5. The topological polar surface area (TPSA) is 88.8 Å². The number of hydrogen-bond acceptors (Lipinski definition) is 5. The molecule has 0 saturated heterocycles. The average molecular weight is 319 g/mol. The van der Waals surface area contributed by atoms with Crippen LogP contribution in [0.25, 0.3) is 0 Å². The van der Waals surface area contributed by atoms with Gasteiger partial charge in [0.15, 0.2) is 0 Å². The SMILES string of the molecule is COCCC(C)(C)CNS(=O)(=O)c1c(C)oc(C)c1CO. The Hall–Kier alpha value is -0.890. The number of aliphatic hydroxyl groups is 1. The molecule has 0 aromatic carbocycles. The smallest absolute Gasteiger partial charge is 0.244 e. The summed E-state index contributed by atoms with van der Waals surface area (Å²) < 4.78 is 37.9. The lowest BCUT2D eigenvalue weighted by molar-refractivity contribution is 0.153. The van der Waals surface area contributed by atoms with Crippen molar-refractivity contribution in [1.82, 2.24) is 4.72 Å². The number of hydrogen-bond donors (Lipinski definition) is 2. The summed E-state index contributed by atoms with van der Waals surface area (Å²) in [4.78, 5) is 0.0463. The van der Waals surface area contributed by atoms with Gasteiger partial charge >= 0.3 is 0 Å². The van der Waals surface area contributed by atoms with Crippen molar-refractivity contribution in [3.05, 3.63) is 17.1 Å². The fourth-order valence-corrected chi connectivity index (χ4v) is 3.75. The molecule has 122 valence electrons. The minimum atomic E-state index is -3.72. The number of furan rings is 1. The lowest BCUT2D eigenvalue weighted by Crippen LogP contribution is -2.35. The van der Waals surface area contributed by atoms with Gasteiger partial charge in [0, 0.05) is 25.8 Å². The monoisotopic (exact) mass is 319 g/mol. The zero-order valence-corrected chi connectivity index (χ0v) is 14.1. The zero-order valence-electron chi connectivity index (χ0n) is 13.3. The number of aryl methyl sites for hydroxylation is 2. The van der Waals surface area contributed by atoms with Gasteiger partial charge in [-0.2, -0.15) is 0 Å². The molecule has 0 aliphatic heterocycles. The van der Waals surface area contributed by atoms with Gasteiger partial charge in [-0.15, -0.1) is 0 Å². The Bertz CT molecular complexity index is 574.